The molecule has 1 heterocycles. The van der Waals surface area contributed by atoms with Crippen LogP contribution in [0.25, 0.3) is 0 Å². The number of aromatic nitrogens is 1. The quantitative estimate of drug-likeness (QED) is 0.354. The number of likely N-dealkylation sites (N-methyl/N-ethyl adjacent to an activating group) is 1. The molecule has 3 aromatic rings. The molecule has 3 rings (SSSR count). The third kappa shape index (κ3) is 7.53. The molecule has 194 valence electrons. The van der Waals surface area contributed by atoms with Crippen molar-refractivity contribution in [3.05, 3.63) is 76.9 Å². The first-order valence-electron chi connectivity index (χ1n) is 10.8. The number of nitrogens with zero attached hydrogens (tertiary/aromatic N) is 2. The van der Waals surface area contributed by atoms with Crippen molar-refractivity contribution in [2.24, 2.45) is 0 Å². The Morgan fingerprint density at radius 2 is 1.73 bits per heavy atom. The zero-order valence-corrected chi connectivity index (χ0v) is 22.0. The van der Waals surface area contributed by atoms with E-state index < -0.39 is 27.4 Å². The van der Waals surface area contributed by atoms with Gasteiger partial charge in [0.05, 0.1) is 39.6 Å². The normalized spacial score (nSPS) is 12.4. The van der Waals surface area contributed by atoms with Crippen molar-refractivity contribution in [3.63, 3.8) is 0 Å². The van der Waals surface area contributed by atoms with Crippen LogP contribution in [0.3, 0.4) is 0 Å². The summed E-state index contributed by atoms with van der Waals surface area (Å²) in [5.74, 6) is 2.84. The summed E-state index contributed by atoms with van der Waals surface area (Å²) < 4.78 is 20.5. The molecule has 1 atom stereocenters. The molecule has 0 aliphatic rings. The van der Waals surface area contributed by atoms with Crippen molar-refractivity contribution in [2.45, 2.75) is 4.90 Å². The number of carbonyl (C=O) groups excluding carboxylic acids is 3. The Morgan fingerprint density at radius 1 is 1.03 bits per heavy atom. The Kier molecular flexibility index (Phi) is 8.87. The molecule has 3 amide bonds. The van der Waals surface area contributed by atoms with Crippen molar-refractivity contribution in [2.75, 3.05) is 38.4 Å². The Bertz CT molecular complexity index is 1410. The first-order chi connectivity index (χ1) is 17.5. The summed E-state index contributed by atoms with van der Waals surface area (Å²) in [5.41, 5.74) is 0.615. The highest BCUT2D eigenvalue weighted by molar-refractivity contribution is 7.99. The molecule has 0 aliphatic carbocycles. The lowest BCUT2D eigenvalue weighted by Gasteiger charge is -2.15. The van der Waals surface area contributed by atoms with Gasteiger partial charge in [0.2, 0.25) is 5.91 Å². The monoisotopic (exact) mass is 543 g/mol. The van der Waals surface area contributed by atoms with Gasteiger partial charge in [0.15, 0.2) is 0 Å². The fourth-order valence-corrected chi connectivity index (χ4v) is 4.40. The molecule has 3 N–H and O–H groups in total. The molecule has 0 radical (unpaired) electrons. The fourth-order valence-electron chi connectivity index (χ4n) is 3.16. The van der Waals surface area contributed by atoms with Crippen LogP contribution < -0.4 is 20.1 Å². The Morgan fingerprint density at radius 3 is 2.32 bits per heavy atom. The van der Waals surface area contributed by atoms with E-state index in [4.69, 9.17) is 16.3 Å². The van der Waals surface area contributed by atoms with Gasteiger partial charge in [-0.1, -0.05) is 11.6 Å². The van der Waals surface area contributed by atoms with Crippen LogP contribution in [0.4, 0.5) is 11.5 Å². The fraction of sp³-hybridized carbons (Fsp3) is 0.160. The smallest absolute Gasteiger partial charge is 0.259 e. The molecular weight excluding hydrogens is 518 g/mol. The molecule has 0 saturated heterocycles. The number of ether oxygens (including phenoxy) is 1. The van der Waals surface area contributed by atoms with Gasteiger partial charge < -0.3 is 20.3 Å². The summed E-state index contributed by atoms with van der Waals surface area (Å²) in [6, 6.07) is 13.6. The van der Waals surface area contributed by atoms with Gasteiger partial charge in [0, 0.05) is 16.7 Å². The molecule has 0 fully saturated rings. The molecular formula is C25H26ClN5O5S. The molecule has 0 bridgehead atoms. The first kappa shape index (κ1) is 27.7. The van der Waals surface area contributed by atoms with Gasteiger partial charge in [0.25, 0.3) is 11.8 Å². The van der Waals surface area contributed by atoms with E-state index in [1.54, 1.807) is 43.3 Å². The molecule has 2 aromatic carbocycles. The number of benzene rings is 2. The zero-order chi connectivity index (χ0) is 27.2. The van der Waals surface area contributed by atoms with Crippen molar-refractivity contribution in [1.82, 2.24) is 14.6 Å². The van der Waals surface area contributed by atoms with Crippen molar-refractivity contribution in [1.29, 1.82) is 0 Å². The topological polar surface area (TPSA) is 130 Å². The number of halogens is 1. The van der Waals surface area contributed by atoms with E-state index in [-0.39, 0.29) is 34.1 Å². The largest absolute Gasteiger partial charge is 0.497 e. The summed E-state index contributed by atoms with van der Waals surface area (Å²) >= 11 is 5.84. The Hall–Kier alpha value is -3.93. The highest BCUT2D eigenvalue weighted by atomic mass is 35.5. The summed E-state index contributed by atoms with van der Waals surface area (Å²) in [6.45, 7) is 0.0544. The minimum atomic E-state index is -3.10. The molecule has 0 spiro atoms. The number of carbonyl (C=O) groups is 3. The average Bonchev–Trinajstić information content (AvgIpc) is 2.84. The standard InChI is InChI=1S/C25H26ClN5O5S/c1-31(2)15-23(32)30-37(4,35)19-9-5-16(6-10-19)24(33)28-21-11-8-18(36-3)13-20(21)25(34)29-22-12-7-17(26)14-27-22/h5-14H,4,15H2,1-3H3,(H,28,33)(H,27,29,34)(H,30,32,35). The summed E-state index contributed by atoms with van der Waals surface area (Å²) in [5, 5.41) is 5.78. The lowest BCUT2D eigenvalue weighted by Crippen LogP contribution is -2.37. The molecule has 0 aliphatic heterocycles. The van der Waals surface area contributed by atoms with Crippen LogP contribution >= 0.6 is 11.6 Å². The van der Waals surface area contributed by atoms with Crippen LogP contribution in [0.15, 0.2) is 65.7 Å². The van der Waals surface area contributed by atoms with Crippen LogP contribution in [0.5, 0.6) is 5.75 Å². The number of pyridine rings is 1. The summed E-state index contributed by atoms with van der Waals surface area (Å²) in [7, 11) is 1.78. The predicted molar refractivity (Wildman–Crippen MR) is 145 cm³/mol. The highest BCUT2D eigenvalue weighted by Crippen LogP contribution is 2.24. The maximum atomic E-state index is 12.9. The second kappa shape index (κ2) is 11.9. The number of hydrogen-bond donors (Lipinski definition) is 3. The van der Waals surface area contributed by atoms with E-state index in [1.165, 1.54) is 43.6 Å². The van der Waals surface area contributed by atoms with Gasteiger partial charge in [0.1, 0.15) is 11.6 Å². The van der Waals surface area contributed by atoms with E-state index in [1.807, 2.05) is 0 Å². The number of amides is 3. The highest BCUT2D eigenvalue weighted by Gasteiger charge is 2.18. The average molecular weight is 544 g/mol. The van der Waals surface area contributed by atoms with Crippen LogP contribution in [0, 0.1) is 0 Å². The minimum Gasteiger partial charge on any atom is -0.497 e. The number of methoxy groups -OCH3 is 1. The van der Waals surface area contributed by atoms with Gasteiger partial charge in [-0.05, 0) is 74.6 Å². The Balaban J connectivity index is 1.78. The third-order valence-electron chi connectivity index (χ3n) is 4.92. The zero-order valence-electron chi connectivity index (χ0n) is 20.4. The molecule has 1 aromatic heterocycles. The van der Waals surface area contributed by atoms with E-state index in [0.717, 1.165) is 0 Å². The van der Waals surface area contributed by atoms with Crippen molar-refractivity contribution < 1.29 is 23.3 Å². The first-order valence-corrected chi connectivity index (χ1v) is 12.9. The lowest BCUT2D eigenvalue weighted by molar-refractivity contribution is -0.119. The number of nitrogens with one attached hydrogen (secondary N) is 3. The van der Waals surface area contributed by atoms with E-state index in [0.29, 0.717) is 10.8 Å². The second-order valence-electron chi connectivity index (χ2n) is 8.14. The van der Waals surface area contributed by atoms with Crippen molar-refractivity contribution >= 4 is 56.4 Å². The summed E-state index contributed by atoms with van der Waals surface area (Å²) in [4.78, 5) is 43.8. The number of rotatable bonds is 9. The van der Waals surface area contributed by atoms with E-state index in [9.17, 15) is 18.6 Å². The maximum absolute atomic E-state index is 12.9. The van der Waals surface area contributed by atoms with Gasteiger partial charge in [-0.2, -0.15) is 0 Å². The van der Waals surface area contributed by atoms with Crippen LogP contribution in [0.1, 0.15) is 20.7 Å². The molecule has 37 heavy (non-hydrogen) atoms. The molecule has 12 heteroatoms. The third-order valence-corrected chi connectivity index (χ3v) is 6.74. The predicted octanol–water partition coefficient (Wildman–Crippen LogP) is 2.92. The molecule has 0 saturated carbocycles. The summed E-state index contributed by atoms with van der Waals surface area (Å²) in [6.07, 6.45) is 1.40. The minimum absolute atomic E-state index is 0.0544. The van der Waals surface area contributed by atoms with Gasteiger partial charge in [-0.25, -0.2) is 9.19 Å². The van der Waals surface area contributed by atoms with Gasteiger partial charge in [-0.15, -0.1) is 0 Å². The van der Waals surface area contributed by atoms with Crippen LogP contribution in [-0.4, -0.2) is 65.4 Å². The van der Waals surface area contributed by atoms with E-state index >= 15 is 0 Å². The maximum Gasteiger partial charge on any atom is 0.259 e. The van der Waals surface area contributed by atoms with Crippen LogP contribution in [-0.2, 0) is 14.5 Å². The van der Waals surface area contributed by atoms with Crippen molar-refractivity contribution in [3.8, 4) is 5.75 Å². The van der Waals surface area contributed by atoms with Gasteiger partial charge >= 0.3 is 0 Å². The molecule has 10 nitrogen and oxygen atoms in total. The number of hydrogen-bond acceptors (Lipinski definition) is 7. The van der Waals surface area contributed by atoms with Gasteiger partial charge in [-0.3, -0.25) is 19.1 Å². The number of anilines is 2. The van der Waals surface area contributed by atoms with Crippen LogP contribution in [0.2, 0.25) is 5.02 Å². The lowest BCUT2D eigenvalue weighted by atomic mass is 10.1. The second-order valence-corrected chi connectivity index (χ2v) is 10.6. The van der Waals surface area contributed by atoms with E-state index in [2.05, 4.69) is 26.2 Å². The SMILES string of the molecule is C=S(=O)(NC(=O)CN(C)C)c1ccc(C(=O)Nc2ccc(OC)cc2C(=O)Nc2ccc(Cl)cn2)cc1. The Labute approximate surface area is 220 Å². The molecule has 1 unspecified atom stereocenters.